The Kier molecular flexibility index (Phi) is 5.09. The second-order valence-electron chi connectivity index (χ2n) is 4.57. The number of benzene rings is 1. The van der Waals surface area contributed by atoms with E-state index in [0.717, 1.165) is 6.07 Å². The number of aliphatic hydroxyl groups is 1. The van der Waals surface area contributed by atoms with Gasteiger partial charge in [-0.1, -0.05) is 13.8 Å². The fourth-order valence-electron chi connectivity index (χ4n) is 1.70. The molecule has 1 amide bonds. The van der Waals surface area contributed by atoms with E-state index in [1.165, 1.54) is 12.1 Å². The number of halogens is 1. The van der Waals surface area contributed by atoms with E-state index in [2.05, 4.69) is 5.32 Å². The van der Waals surface area contributed by atoms with Gasteiger partial charge in [0.15, 0.2) is 0 Å². The highest BCUT2D eigenvalue weighted by Gasteiger charge is 2.18. The summed E-state index contributed by atoms with van der Waals surface area (Å²) in [5.74, 6) is -0.623. The number of hydrogen-bond acceptors (Lipinski definition) is 3. The molecule has 4 nitrogen and oxygen atoms in total. The zero-order valence-corrected chi connectivity index (χ0v) is 10.6. The van der Waals surface area contributed by atoms with E-state index in [9.17, 15) is 9.18 Å². The highest BCUT2D eigenvalue weighted by atomic mass is 19.1. The number of nitrogen functional groups attached to an aromatic ring is 1. The van der Waals surface area contributed by atoms with Crippen molar-refractivity contribution in [3.63, 3.8) is 0 Å². The Morgan fingerprint density at radius 1 is 1.50 bits per heavy atom. The molecule has 5 heteroatoms. The molecule has 0 saturated carbocycles. The summed E-state index contributed by atoms with van der Waals surface area (Å²) in [6, 6.07) is 3.54. The van der Waals surface area contributed by atoms with Gasteiger partial charge in [-0.2, -0.15) is 0 Å². The first-order chi connectivity index (χ1) is 8.45. The quantitative estimate of drug-likeness (QED) is 0.698. The van der Waals surface area contributed by atoms with Crippen LogP contribution in [0.15, 0.2) is 18.2 Å². The number of anilines is 1. The fraction of sp³-hybridized carbons (Fsp3) is 0.462. The zero-order valence-electron chi connectivity index (χ0n) is 10.6. The smallest absolute Gasteiger partial charge is 0.253 e. The van der Waals surface area contributed by atoms with Gasteiger partial charge >= 0.3 is 0 Å². The summed E-state index contributed by atoms with van der Waals surface area (Å²) < 4.78 is 12.9. The van der Waals surface area contributed by atoms with E-state index in [4.69, 9.17) is 10.8 Å². The largest absolute Gasteiger partial charge is 0.398 e. The summed E-state index contributed by atoms with van der Waals surface area (Å²) in [5, 5.41) is 11.7. The highest BCUT2D eigenvalue weighted by molar-refractivity contribution is 5.99. The normalized spacial score (nSPS) is 12.5. The fourth-order valence-corrected chi connectivity index (χ4v) is 1.70. The molecule has 1 aromatic rings. The van der Waals surface area contributed by atoms with Gasteiger partial charge in [-0.05, 0) is 30.5 Å². The van der Waals surface area contributed by atoms with E-state index < -0.39 is 5.82 Å². The summed E-state index contributed by atoms with van der Waals surface area (Å²) in [6.45, 7) is 3.91. The molecule has 0 aliphatic carbocycles. The SMILES string of the molecule is CC(C)C(CCO)NC(=O)c1ccc(F)cc1N. The van der Waals surface area contributed by atoms with Crippen molar-refractivity contribution in [2.75, 3.05) is 12.3 Å². The van der Waals surface area contributed by atoms with E-state index in [1.807, 2.05) is 13.8 Å². The van der Waals surface area contributed by atoms with Gasteiger partial charge < -0.3 is 16.2 Å². The third-order valence-corrected chi connectivity index (χ3v) is 2.82. The van der Waals surface area contributed by atoms with Gasteiger partial charge in [0.1, 0.15) is 5.82 Å². The van der Waals surface area contributed by atoms with Crippen molar-refractivity contribution in [3.8, 4) is 0 Å². The molecule has 0 fully saturated rings. The van der Waals surface area contributed by atoms with Crippen LogP contribution >= 0.6 is 0 Å². The number of nitrogens with two attached hydrogens (primary N) is 1. The molecule has 1 unspecified atom stereocenters. The number of carbonyl (C=O) groups excluding carboxylic acids is 1. The lowest BCUT2D eigenvalue weighted by atomic mass is 10.0. The van der Waals surface area contributed by atoms with E-state index >= 15 is 0 Å². The molecule has 0 radical (unpaired) electrons. The molecule has 1 atom stereocenters. The van der Waals surface area contributed by atoms with Gasteiger partial charge in [-0.25, -0.2) is 4.39 Å². The van der Waals surface area contributed by atoms with E-state index in [0.29, 0.717) is 6.42 Å². The van der Waals surface area contributed by atoms with Gasteiger partial charge in [0, 0.05) is 18.3 Å². The molecule has 0 bridgehead atoms. The monoisotopic (exact) mass is 254 g/mol. The summed E-state index contributed by atoms with van der Waals surface area (Å²) in [5.41, 5.74) is 5.96. The van der Waals surface area contributed by atoms with Crippen LogP contribution in [-0.2, 0) is 0 Å². The standard InChI is InChI=1S/C13H19FN2O2/c1-8(2)12(5-6-17)16-13(18)10-4-3-9(14)7-11(10)15/h3-4,7-8,12,17H,5-6,15H2,1-2H3,(H,16,18). The molecule has 0 saturated heterocycles. The summed E-state index contributed by atoms with van der Waals surface area (Å²) in [7, 11) is 0. The number of amides is 1. The molecule has 1 rings (SSSR count). The molecular weight excluding hydrogens is 235 g/mol. The van der Waals surface area contributed by atoms with Crippen LogP contribution in [0.1, 0.15) is 30.6 Å². The molecular formula is C13H19FN2O2. The lowest BCUT2D eigenvalue weighted by Gasteiger charge is -2.21. The molecule has 1 aromatic carbocycles. The summed E-state index contributed by atoms with van der Waals surface area (Å²) in [4.78, 5) is 12.0. The summed E-state index contributed by atoms with van der Waals surface area (Å²) >= 11 is 0. The van der Waals surface area contributed by atoms with Crippen LogP contribution in [0.25, 0.3) is 0 Å². The van der Waals surface area contributed by atoms with Crippen molar-refractivity contribution in [1.82, 2.24) is 5.32 Å². The Bertz CT molecular complexity index is 421. The second-order valence-corrected chi connectivity index (χ2v) is 4.57. The summed E-state index contributed by atoms with van der Waals surface area (Å²) in [6.07, 6.45) is 0.477. The van der Waals surface area contributed by atoms with Crippen molar-refractivity contribution < 1.29 is 14.3 Å². The first kappa shape index (κ1) is 14.4. The third-order valence-electron chi connectivity index (χ3n) is 2.82. The van der Waals surface area contributed by atoms with Gasteiger partial charge in [0.25, 0.3) is 5.91 Å². The van der Waals surface area contributed by atoms with Crippen LogP contribution < -0.4 is 11.1 Å². The molecule has 0 heterocycles. The Morgan fingerprint density at radius 2 is 2.17 bits per heavy atom. The zero-order chi connectivity index (χ0) is 13.7. The maximum Gasteiger partial charge on any atom is 0.253 e. The first-order valence-electron chi connectivity index (χ1n) is 5.92. The van der Waals surface area contributed by atoms with Crippen molar-refractivity contribution in [1.29, 1.82) is 0 Å². The average molecular weight is 254 g/mol. The van der Waals surface area contributed by atoms with Crippen LogP contribution in [0.3, 0.4) is 0 Å². The Morgan fingerprint density at radius 3 is 2.67 bits per heavy atom. The first-order valence-corrected chi connectivity index (χ1v) is 5.92. The number of aliphatic hydroxyl groups excluding tert-OH is 1. The van der Waals surface area contributed by atoms with Gasteiger partial charge in [-0.15, -0.1) is 0 Å². The van der Waals surface area contributed by atoms with E-state index in [-0.39, 0.29) is 35.7 Å². The van der Waals surface area contributed by atoms with Crippen molar-refractivity contribution >= 4 is 11.6 Å². The maximum atomic E-state index is 12.9. The minimum atomic E-state index is -0.472. The molecule has 0 aliphatic rings. The lowest BCUT2D eigenvalue weighted by molar-refractivity contribution is 0.0917. The predicted molar refractivity (Wildman–Crippen MR) is 68.6 cm³/mol. The van der Waals surface area contributed by atoms with Crippen LogP contribution in [0, 0.1) is 11.7 Å². The van der Waals surface area contributed by atoms with Crippen LogP contribution in [0.4, 0.5) is 10.1 Å². The van der Waals surface area contributed by atoms with Gasteiger partial charge in [0.05, 0.1) is 5.56 Å². The number of carbonyl (C=O) groups is 1. The molecule has 18 heavy (non-hydrogen) atoms. The number of nitrogens with one attached hydrogen (secondary N) is 1. The minimum absolute atomic E-state index is 0.00201. The van der Waals surface area contributed by atoms with Crippen molar-refractivity contribution in [2.45, 2.75) is 26.3 Å². The third kappa shape index (κ3) is 3.70. The highest BCUT2D eigenvalue weighted by Crippen LogP contribution is 2.14. The molecule has 4 N–H and O–H groups in total. The Labute approximate surface area is 106 Å². The predicted octanol–water partition coefficient (Wildman–Crippen LogP) is 1.54. The number of hydrogen-bond donors (Lipinski definition) is 3. The minimum Gasteiger partial charge on any atom is -0.398 e. The van der Waals surface area contributed by atoms with Crippen LogP contribution in [0.2, 0.25) is 0 Å². The molecule has 0 spiro atoms. The van der Waals surface area contributed by atoms with E-state index in [1.54, 1.807) is 0 Å². The number of rotatable bonds is 5. The topological polar surface area (TPSA) is 75.3 Å². The molecule has 100 valence electrons. The van der Waals surface area contributed by atoms with Crippen LogP contribution in [-0.4, -0.2) is 23.7 Å². The van der Waals surface area contributed by atoms with Crippen LogP contribution in [0.5, 0.6) is 0 Å². The second kappa shape index (κ2) is 6.35. The molecule has 0 aromatic heterocycles. The average Bonchev–Trinajstić information content (AvgIpc) is 2.27. The van der Waals surface area contributed by atoms with Crippen molar-refractivity contribution in [3.05, 3.63) is 29.6 Å². The van der Waals surface area contributed by atoms with Gasteiger partial charge in [-0.3, -0.25) is 4.79 Å². The lowest BCUT2D eigenvalue weighted by Crippen LogP contribution is -2.39. The maximum absolute atomic E-state index is 12.9. The Hall–Kier alpha value is -1.62. The van der Waals surface area contributed by atoms with Gasteiger partial charge in [0.2, 0.25) is 0 Å². The Balaban J connectivity index is 2.80. The molecule has 0 aliphatic heterocycles. The van der Waals surface area contributed by atoms with Crippen molar-refractivity contribution in [2.24, 2.45) is 5.92 Å².